The second kappa shape index (κ2) is 4.66. The van der Waals surface area contributed by atoms with Crippen molar-refractivity contribution >= 4 is 12.2 Å². The average Bonchev–Trinajstić information content (AvgIpc) is 2.65. The molecule has 2 nitrogen and oxygen atoms in total. The molecule has 16 heavy (non-hydrogen) atoms. The Morgan fingerprint density at radius 2 is 1.94 bits per heavy atom. The second-order valence-electron chi connectivity index (χ2n) is 4.29. The third kappa shape index (κ3) is 2.42. The summed E-state index contributed by atoms with van der Waals surface area (Å²) in [4.78, 5) is 3.00. The van der Waals surface area contributed by atoms with Crippen molar-refractivity contribution < 1.29 is 0 Å². The third-order valence-corrected chi connectivity index (χ3v) is 3.07. The summed E-state index contributed by atoms with van der Waals surface area (Å²) in [6, 6.07) is 8.72. The Kier molecular flexibility index (Phi) is 3.25. The van der Waals surface area contributed by atoms with Crippen LogP contribution in [0.25, 0.3) is 0 Å². The molecule has 0 saturated carbocycles. The predicted molar refractivity (Wildman–Crippen MR) is 69.2 cm³/mol. The minimum absolute atomic E-state index is 0.587. The van der Waals surface area contributed by atoms with Crippen molar-refractivity contribution in [2.24, 2.45) is 0 Å². The lowest BCUT2D eigenvalue weighted by atomic mass is 10.0. The number of aromatic amines is 1. The van der Waals surface area contributed by atoms with Gasteiger partial charge >= 0.3 is 0 Å². The van der Waals surface area contributed by atoms with Gasteiger partial charge in [-0.25, -0.2) is 0 Å². The second-order valence-corrected chi connectivity index (χ2v) is 4.68. The Morgan fingerprint density at radius 3 is 2.44 bits per heavy atom. The number of benzene rings is 1. The maximum Gasteiger partial charge on any atom is 0.177 e. The number of hydrogen-bond donors (Lipinski definition) is 1. The smallest absolute Gasteiger partial charge is 0.177 e. The van der Waals surface area contributed by atoms with E-state index in [2.05, 4.69) is 43.1 Å². The van der Waals surface area contributed by atoms with E-state index in [0.717, 1.165) is 11.3 Å². The molecular formula is C13H16N2S. The summed E-state index contributed by atoms with van der Waals surface area (Å²) in [5, 5.41) is 0. The Bertz CT molecular complexity index is 505. The zero-order valence-electron chi connectivity index (χ0n) is 9.60. The van der Waals surface area contributed by atoms with E-state index in [1.54, 1.807) is 0 Å². The molecular weight excluding hydrogens is 216 g/mol. The first-order valence-corrected chi connectivity index (χ1v) is 5.90. The van der Waals surface area contributed by atoms with Crippen LogP contribution < -0.4 is 0 Å². The van der Waals surface area contributed by atoms with Gasteiger partial charge in [0, 0.05) is 18.9 Å². The lowest BCUT2D eigenvalue weighted by Gasteiger charge is -2.07. The molecule has 0 aliphatic rings. The molecule has 0 atom stereocenters. The van der Waals surface area contributed by atoms with Crippen LogP contribution in [0, 0.1) is 4.77 Å². The molecule has 0 saturated heterocycles. The minimum Gasteiger partial charge on any atom is -0.337 e. The molecule has 0 radical (unpaired) electrons. The number of nitrogens with one attached hydrogen (secondary N) is 1. The highest BCUT2D eigenvalue weighted by molar-refractivity contribution is 7.71. The fourth-order valence-corrected chi connectivity index (χ4v) is 1.87. The van der Waals surface area contributed by atoms with Gasteiger partial charge in [0.05, 0.1) is 0 Å². The van der Waals surface area contributed by atoms with Gasteiger partial charge in [0.1, 0.15) is 0 Å². The lowest BCUT2D eigenvalue weighted by Crippen LogP contribution is -1.98. The van der Waals surface area contributed by atoms with E-state index in [1.807, 2.05) is 17.0 Å². The van der Waals surface area contributed by atoms with Gasteiger partial charge in [-0.15, -0.1) is 0 Å². The van der Waals surface area contributed by atoms with Gasteiger partial charge in [0.15, 0.2) is 4.77 Å². The molecule has 84 valence electrons. The summed E-state index contributed by atoms with van der Waals surface area (Å²) < 4.78 is 2.80. The van der Waals surface area contributed by atoms with Crippen LogP contribution in [0.3, 0.4) is 0 Å². The molecule has 3 heteroatoms. The van der Waals surface area contributed by atoms with Gasteiger partial charge in [-0.2, -0.15) is 0 Å². The molecule has 1 aromatic heterocycles. The molecule has 0 aliphatic carbocycles. The first-order chi connectivity index (χ1) is 7.66. The van der Waals surface area contributed by atoms with Crippen LogP contribution in [-0.4, -0.2) is 9.55 Å². The molecule has 1 N–H and O–H groups in total. The van der Waals surface area contributed by atoms with Gasteiger partial charge in [-0.3, -0.25) is 0 Å². The fourth-order valence-electron chi connectivity index (χ4n) is 1.68. The zero-order valence-corrected chi connectivity index (χ0v) is 10.4. The van der Waals surface area contributed by atoms with Crippen molar-refractivity contribution in [1.29, 1.82) is 0 Å². The average molecular weight is 232 g/mol. The number of nitrogens with zero attached hydrogens (tertiary/aromatic N) is 1. The topological polar surface area (TPSA) is 20.7 Å². The summed E-state index contributed by atoms with van der Waals surface area (Å²) in [5.74, 6) is 0.587. The maximum atomic E-state index is 5.16. The van der Waals surface area contributed by atoms with Crippen LogP contribution >= 0.6 is 12.2 Å². The highest BCUT2D eigenvalue weighted by atomic mass is 32.1. The molecule has 1 heterocycles. The fraction of sp³-hybridized carbons (Fsp3) is 0.308. The van der Waals surface area contributed by atoms with Gasteiger partial charge in [0.2, 0.25) is 0 Å². The Balaban J connectivity index is 2.17. The van der Waals surface area contributed by atoms with Gasteiger partial charge in [0.25, 0.3) is 0 Å². The van der Waals surface area contributed by atoms with Gasteiger partial charge in [-0.1, -0.05) is 38.1 Å². The van der Waals surface area contributed by atoms with E-state index in [9.17, 15) is 0 Å². The minimum atomic E-state index is 0.587. The normalized spacial score (nSPS) is 10.9. The Hall–Kier alpha value is -1.35. The van der Waals surface area contributed by atoms with Crippen LogP contribution in [0.15, 0.2) is 36.7 Å². The zero-order chi connectivity index (χ0) is 11.5. The number of hydrogen-bond acceptors (Lipinski definition) is 1. The van der Waals surface area contributed by atoms with E-state index in [-0.39, 0.29) is 0 Å². The molecule has 2 aromatic rings. The number of imidazole rings is 1. The molecule has 1 aromatic carbocycles. The monoisotopic (exact) mass is 232 g/mol. The summed E-state index contributed by atoms with van der Waals surface area (Å²) in [6.07, 6.45) is 3.84. The lowest BCUT2D eigenvalue weighted by molar-refractivity contribution is 0.781. The molecule has 0 fully saturated rings. The van der Waals surface area contributed by atoms with E-state index in [1.165, 1.54) is 11.1 Å². The van der Waals surface area contributed by atoms with Crippen molar-refractivity contribution in [3.8, 4) is 0 Å². The van der Waals surface area contributed by atoms with Crippen molar-refractivity contribution in [3.63, 3.8) is 0 Å². The molecule has 0 amide bonds. The Morgan fingerprint density at radius 1 is 1.25 bits per heavy atom. The SMILES string of the molecule is CC(C)c1ccc(Cn2cc[nH]c2=S)cc1. The van der Waals surface area contributed by atoms with Crippen LogP contribution in [-0.2, 0) is 6.54 Å². The van der Waals surface area contributed by atoms with Gasteiger partial charge in [-0.05, 0) is 29.3 Å². The van der Waals surface area contributed by atoms with Crippen LogP contribution in [0.4, 0.5) is 0 Å². The standard InChI is InChI=1S/C13H16N2S/c1-10(2)12-5-3-11(4-6-12)9-15-8-7-14-13(15)16/h3-8,10H,9H2,1-2H3,(H,14,16). The summed E-state index contributed by atoms with van der Waals surface area (Å²) in [6.45, 7) is 5.25. The van der Waals surface area contributed by atoms with E-state index in [0.29, 0.717) is 5.92 Å². The molecule has 2 rings (SSSR count). The van der Waals surface area contributed by atoms with E-state index in [4.69, 9.17) is 12.2 Å². The van der Waals surface area contributed by atoms with Crippen molar-refractivity contribution in [2.45, 2.75) is 26.3 Å². The first-order valence-electron chi connectivity index (χ1n) is 5.49. The highest BCUT2D eigenvalue weighted by Crippen LogP contribution is 2.15. The predicted octanol–water partition coefficient (Wildman–Crippen LogP) is 3.72. The van der Waals surface area contributed by atoms with E-state index < -0.39 is 0 Å². The molecule has 0 bridgehead atoms. The molecule has 0 unspecified atom stereocenters. The quantitative estimate of drug-likeness (QED) is 0.800. The van der Waals surface area contributed by atoms with Crippen LogP contribution in [0.1, 0.15) is 30.9 Å². The number of rotatable bonds is 3. The Labute approximate surface area is 101 Å². The largest absolute Gasteiger partial charge is 0.337 e. The maximum absolute atomic E-state index is 5.16. The number of aromatic nitrogens is 2. The van der Waals surface area contributed by atoms with Crippen molar-refractivity contribution in [3.05, 3.63) is 52.6 Å². The summed E-state index contributed by atoms with van der Waals surface area (Å²) in [7, 11) is 0. The van der Waals surface area contributed by atoms with Crippen molar-refractivity contribution in [2.75, 3.05) is 0 Å². The molecule has 0 aliphatic heterocycles. The van der Waals surface area contributed by atoms with E-state index >= 15 is 0 Å². The van der Waals surface area contributed by atoms with Crippen LogP contribution in [0.2, 0.25) is 0 Å². The van der Waals surface area contributed by atoms with Crippen LogP contribution in [0.5, 0.6) is 0 Å². The highest BCUT2D eigenvalue weighted by Gasteiger charge is 2.00. The van der Waals surface area contributed by atoms with Crippen molar-refractivity contribution in [1.82, 2.24) is 9.55 Å². The first kappa shape index (κ1) is 11.1. The third-order valence-electron chi connectivity index (χ3n) is 2.72. The molecule has 0 spiro atoms. The van der Waals surface area contributed by atoms with Gasteiger partial charge < -0.3 is 9.55 Å². The summed E-state index contributed by atoms with van der Waals surface area (Å²) in [5.41, 5.74) is 2.65. The summed E-state index contributed by atoms with van der Waals surface area (Å²) >= 11 is 5.16. The number of H-pyrrole nitrogens is 1.